The molecule has 0 aliphatic heterocycles. The van der Waals surface area contributed by atoms with Crippen LogP contribution in [0.1, 0.15) is 48.9 Å². The fourth-order valence-electron chi connectivity index (χ4n) is 2.87. The van der Waals surface area contributed by atoms with Crippen LogP contribution in [-0.4, -0.2) is 34.1 Å². The Labute approximate surface area is 298 Å². The summed E-state index contributed by atoms with van der Waals surface area (Å²) in [4.78, 5) is 52.3. The number of rotatable bonds is 4. The molecule has 0 aliphatic carbocycles. The third kappa shape index (κ3) is 18.8. The fraction of sp³-hybridized carbons (Fsp3) is 0.0286. The molecule has 0 unspecified atom stereocenters. The van der Waals surface area contributed by atoms with Crippen LogP contribution in [0.2, 0.25) is 0 Å². The van der Waals surface area contributed by atoms with Crippen LogP contribution in [0.25, 0.3) is 0 Å². The molecule has 0 saturated heterocycles. The van der Waals surface area contributed by atoms with Crippen molar-refractivity contribution < 1.29 is 88.8 Å². The molecule has 10 heteroatoms. The van der Waals surface area contributed by atoms with Crippen molar-refractivity contribution in [3.63, 3.8) is 0 Å². The molecule has 1 radical (unpaired) electrons. The van der Waals surface area contributed by atoms with Crippen LogP contribution in [0, 0.1) is 31.1 Å². The van der Waals surface area contributed by atoms with Gasteiger partial charge >= 0.3 is 23.9 Å². The van der Waals surface area contributed by atoms with Crippen LogP contribution in [0.3, 0.4) is 0 Å². The van der Waals surface area contributed by atoms with Gasteiger partial charge in [0.15, 0.2) is 0 Å². The van der Waals surface area contributed by atoms with Gasteiger partial charge in [-0.15, -0.1) is 0 Å². The van der Waals surface area contributed by atoms with Gasteiger partial charge in [-0.25, -0.2) is 29.0 Å². The summed E-state index contributed by atoms with van der Waals surface area (Å²) in [6, 6.07) is 45.2. The van der Waals surface area contributed by atoms with E-state index in [1.807, 2.05) is 36.4 Å². The zero-order chi connectivity index (χ0) is 30.4. The molecular formula is C35H32O8UV. The average molecular weight is 870 g/mol. The molecule has 0 spiro atoms. The van der Waals surface area contributed by atoms with Gasteiger partial charge in [0.1, 0.15) is 0 Å². The minimum Gasteiger partial charge on any atom is -0.478 e. The first-order valence-corrected chi connectivity index (χ1v) is 12.5. The van der Waals surface area contributed by atoms with Crippen molar-refractivity contribution in [2.24, 2.45) is 0 Å². The van der Waals surface area contributed by atoms with E-state index in [0.29, 0.717) is 22.3 Å². The predicted octanol–water partition coefficient (Wildman–Crippen LogP) is 7.71. The van der Waals surface area contributed by atoms with Gasteiger partial charge in [-0.1, -0.05) is 117 Å². The summed E-state index contributed by atoms with van der Waals surface area (Å²) >= 11 is 0. The first-order chi connectivity index (χ1) is 20.4. The topological polar surface area (TPSA) is 127 Å². The number of benzene rings is 5. The van der Waals surface area contributed by atoms with Crippen molar-refractivity contribution >= 4 is 23.9 Å². The summed E-state index contributed by atoms with van der Waals surface area (Å²) in [6.07, 6.45) is 0. The Morgan fingerprint density at radius 2 is 0.556 bits per heavy atom. The molecular weight excluding hydrogens is 837 g/mol. The summed E-state index contributed by atoms with van der Waals surface area (Å²) in [7, 11) is 0. The molecule has 229 valence electrons. The van der Waals surface area contributed by atoms with Crippen molar-refractivity contribution in [3.05, 3.63) is 180 Å². The molecule has 2 N–H and O–H groups in total. The number of aromatic carboxylic acids is 2. The number of hydrogen-bond donors (Lipinski definition) is 2. The Morgan fingerprint density at radius 3 is 0.733 bits per heavy atom. The van der Waals surface area contributed by atoms with Crippen LogP contribution in [0.5, 0.6) is 0 Å². The molecule has 45 heavy (non-hydrogen) atoms. The van der Waals surface area contributed by atoms with E-state index in [4.69, 9.17) is 10.2 Å². The molecule has 0 fully saturated rings. The summed E-state index contributed by atoms with van der Waals surface area (Å²) < 4.78 is 0. The van der Waals surface area contributed by atoms with Crippen molar-refractivity contribution in [1.29, 1.82) is 0 Å². The van der Waals surface area contributed by atoms with Crippen LogP contribution in [-0.2, 0) is 28.3 Å². The van der Waals surface area contributed by atoms with Gasteiger partial charge in [0.25, 0.3) is 0 Å². The van der Waals surface area contributed by atoms with Crippen LogP contribution in [0.4, 0.5) is 0 Å². The van der Waals surface area contributed by atoms with E-state index in [1.54, 1.807) is 121 Å². The molecule has 0 aromatic heterocycles. The second-order valence-corrected chi connectivity index (χ2v) is 7.97. The second kappa shape index (κ2) is 26.1. The molecule has 0 aliphatic rings. The quantitative estimate of drug-likeness (QED) is 0.139. The number of carbonyl (C=O) groups excluding carboxylic acids is 2. The zero-order valence-corrected chi connectivity index (χ0v) is 28.9. The smallest absolute Gasteiger partial charge is 0.386 e. The minimum atomic E-state index is -0.879. The van der Waals surface area contributed by atoms with Crippen LogP contribution in [0.15, 0.2) is 158 Å². The molecule has 5 aromatic carbocycles. The number of hydrogen-bond acceptors (Lipinski definition) is 6. The summed E-state index contributed by atoms with van der Waals surface area (Å²) in [5, 5.41) is 16.8. The van der Waals surface area contributed by atoms with Gasteiger partial charge < -0.3 is 10.2 Å². The van der Waals surface area contributed by atoms with Gasteiger partial charge in [-0.05, 0) is 48.5 Å². The minimum absolute atomic E-state index is 0. The maximum absolute atomic E-state index is 11.5. The normalized spacial score (nSPS) is 8.44. The van der Waals surface area contributed by atoms with Crippen molar-refractivity contribution in [2.75, 3.05) is 0 Å². The van der Waals surface area contributed by atoms with Crippen LogP contribution < -0.4 is 0 Å². The van der Waals surface area contributed by atoms with Gasteiger partial charge in [-0.2, -0.15) is 0 Å². The van der Waals surface area contributed by atoms with Gasteiger partial charge in [0, 0.05) is 49.7 Å². The van der Waals surface area contributed by atoms with E-state index < -0.39 is 23.9 Å². The standard InChI is InChI=1S/C14H10O4.2C7H6O2.C6H6.CH4.U.V/c15-13(11-7-3-1-4-8-11)17-18-14(16)12-9-5-2-6-10-12;2*8-7(9)6-4-2-1-3-5-6;1-2-4-6-5-3-1;;;/h1-10H;2*1-5H,(H,8,9);1-6H;1H4;;. The third-order valence-corrected chi connectivity index (χ3v) is 4.92. The Morgan fingerprint density at radius 1 is 0.378 bits per heavy atom. The van der Waals surface area contributed by atoms with Gasteiger partial charge in [-0.3, -0.25) is 0 Å². The van der Waals surface area contributed by atoms with Gasteiger partial charge in [0.2, 0.25) is 0 Å². The first kappa shape index (κ1) is 42.7. The Kier molecular flexibility index (Phi) is 24.8. The van der Waals surface area contributed by atoms with E-state index in [-0.39, 0.29) is 57.1 Å². The first-order valence-electron chi connectivity index (χ1n) is 12.5. The van der Waals surface area contributed by atoms with Crippen LogP contribution >= 0.6 is 0 Å². The Balaban J connectivity index is 0. The maximum Gasteiger partial charge on any atom is 0.386 e. The maximum atomic E-state index is 11.5. The SMILES string of the molecule is C.O=C(O)c1ccccc1.O=C(O)c1ccccc1.O=C(OOC(=O)c1ccccc1)c1ccccc1.[U].[V].c1ccccc1. The van der Waals surface area contributed by atoms with E-state index in [0.717, 1.165) is 0 Å². The molecule has 0 amide bonds. The Bertz CT molecular complexity index is 1360. The van der Waals surface area contributed by atoms with E-state index in [9.17, 15) is 19.2 Å². The molecule has 0 atom stereocenters. The molecule has 0 bridgehead atoms. The van der Waals surface area contributed by atoms with E-state index in [2.05, 4.69) is 9.78 Å². The average Bonchev–Trinajstić information content (AvgIpc) is 3.07. The Hall–Kier alpha value is -4.38. The zero-order valence-electron chi connectivity index (χ0n) is 23.3. The number of carboxylic acids is 2. The molecule has 5 rings (SSSR count). The summed E-state index contributed by atoms with van der Waals surface area (Å²) in [6.45, 7) is 0. The summed E-state index contributed by atoms with van der Waals surface area (Å²) in [5.41, 5.74) is 1.30. The molecule has 0 saturated carbocycles. The van der Waals surface area contributed by atoms with Crippen molar-refractivity contribution in [1.82, 2.24) is 0 Å². The number of carboxylic acid groups (broad SMARTS) is 2. The predicted molar refractivity (Wildman–Crippen MR) is 164 cm³/mol. The largest absolute Gasteiger partial charge is 0.478 e. The molecule has 8 nitrogen and oxygen atoms in total. The third-order valence-electron chi connectivity index (χ3n) is 4.92. The van der Waals surface area contributed by atoms with Gasteiger partial charge in [0.05, 0.1) is 22.3 Å². The number of carbonyl (C=O) groups is 4. The van der Waals surface area contributed by atoms with E-state index in [1.165, 1.54) is 0 Å². The van der Waals surface area contributed by atoms with E-state index >= 15 is 0 Å². The molecule has 0 heterocycles. The second-order valence-electron chi connectivity index (χ2n) is 7.97. The monoisotopic (exact) mass is 869 g/mol. The van der Waals surface area contributed by atoms with Crippen molar-refractivity contribution in [2.45, 2.75) is 7.43 Å². The summed E-state index contributed by atoms with van der Waals surface area (Å²) in [5.74, 6) is -3.18. The van der Waals surface area contributed by atoms with Crippen molar-refractivity contribution in [3.8, 4) is 0 Å². The fourth-order valence-corrected chi connectivity index (χ4v) is 2.87. The molecule has 5 aromatic rings.